The summed E-state index contributed by atoms with van der Waals surface area (Å²) in [7, 11) is 1.31. The number of ether oxygens (including phenoxy) is 3. The first-order chi connectivity index (χ1) is 7.41. The van der Waals surface area contributed by atoms with Crippen LogP contribution in [0.2, 0.25) is 0 Å². The largest absolute Gasteiger partial charge is 0.468 e. The SMILES string of the molecule is CCOC(OCC)C(C)(C)C(N)C(=O)OC. The molecule has 5 nitrogen and oxygen atoms in total. The third kappa shape index (κ3) is 3.73. The number of esters is 1. The summed E-state index contributed by atoms with van der Waals surface area (Å²) in [6.45, 7) is 8.39. The molecule has 1 atom stereocenters. The van der Waals surface area contributed by atoms with Crippen molar-refractivity contribution in [2.75, 3.05) is 20.3 Å². The quantitative estimate of drug-likeness (QED) is 0.523. The van der Waals surface area contributed by atoms with Crippen molar-refractivity contribution in [2.45, 2.75) is 40.0 Å². The van der Waals surface area contributed by atoms with Gasteiger partial charge in [0.2, 0.25) is 0 Å². The Hall–Kier alpha value is -0.650. The van der Waals surface area contributed by atoms with Crippen LogP contribution < -0.4 is 5.73 Å². The van der Waals surface area contributed by atoms with E-state index in [1.807, 2.05) is 27.7 Å². The molecule has 0 amide bonds. The molecule has 5 heteroatoms. The molecule has 1 unspecified atom stereocenters. The summed E-state index contributed by atoms with van der Waals surface area (Å²) in [5, 5.41) is 0. The van der Waals surface area contributed by atoms with Gasteiger partial charge in [0.05, 0.1) is 7.11 Å². The monoisotopic (exact) mass is 233 g/mol. The average molecular weight is 233 g/mol. The van der Waals surface area contributed by atoms with Crippen LogP contribution >= 0.6 is 0 Å². The molecule has 0 bridgehead atoms. The summed E-state index contributed by atoms with van der Waals surface area (Å²) >= 11 is 0. The van der Waals surface area contributed by atoms with Gasteiger partial charge in [0.1, 0.15) is 6.04 Å². The molecule has 0 aromatic heterocycles. The Balaban J connectivity index is 4.73. The molecule has 0 saturated carbocycles. The lowest BCUT2D eigenvalue weighted by atomic mass is 9.84. The molecule has 0 saturated heterocycles. The molecule has 0 aliphatic heterocycles. The molecule has 0 rings (SSSR count). The molecule has 0 spiro atoms. The highest BCUT2D eigenvalue weighted by atomic mass is 16.7. The number of methoxy groups -OCH3 is 1. The number of hydrogen-bond donors (Lipinski definition) is 1. The Morgan fingerprint density at radius 1 is 1.25 bits per heavy atom. The first-order valence-corrected chi connectivity index (χ1v) is 5.48. The molecule has 96 valence electrons. The van der Waals surface area contributed by atoms with Gasteiger partial charge in [-0.1, -0.05) is 13.8 Å². The zero-order chi connectivity index (χ0) is 12.8. The summed E-state index contributed by atoms with van der Waals surface area (Å²) in [6, 6.07) is -0.777. The van der Waals surface area contributed by atoms with Crippen molar-refractivity contribution in [3.8, 4) is 0 Å². The van der Waals surface area contributed by atoms with E-state index in [0.717, 1.165) is 0 Å². The van der Waals surface area contributed by atoms with Gasteiger partial charge in [-0.3, -0.25) is 4.79 Å². The van der Waals surface area contributed by atoms with Gasteiger partial charge in [0, 0.05) is 18.6 Å². The predicted octanol–water partition coefficient (Wildman–Crippen LogP) is 0.912. The van der Waals surface area contributed by atoms with Gasteiger partial charge in [-0.25, -0.2) is 0 Å². The van der Waals surface area contributed by atoms with Crippen molar-refractivity contribution in [3.63, 3.8) is 0 Å². The molecule has 0 aliphatic carbocycles. The van der Waals surface area contributed by atoms with E-state index in [-0.39, 0.29) is 0 Å². The molecule has 0 radical (unpaired) electrons. The van der Waals surface area contributed by atoms with E-state index in [9.17, 15) is 4.79 Å². The van der Waals surface area contributed by atoms with E-state index in [1.54, 1.807) is 0 Å². The van der Waals surface area contributed by atoms with Gasteiger partial charge in [0.25, 0.3) is 0 Å². The van der Waals surface area contributed by atoms with E-state index in [4.69, 9.17) is 15.2 Å². The molecule has 2 N–H and O–H groups in total. The minimum atomic E-state index is -0.777. The van der Waals surface area contributed by atoms with Crippen LogP contribution in [0.25, 0.3) is 0 Å². The number of nitrogens with two attached hydrogens (primary N) is 1. The second-order valence-electron chi connectivity index (χ2n) is 4.06. The van der Waals surface area contributed by atoms with Gasteiger partial charge in [-0.05, 0) is 13.8 Å². The second kappa shape index (κ2) is 6.83. The minimum Gasteiger partial charge on any atom is -0.468 e. The van der Waals surface area contributed by atoms with Crippen molar-refractivity contribution in [1.29, 1.82) is 0 Å². The molecule has 16 heavy (non-hydrogen) atoms. The molecule has 0 aromatic rings. The van der Waals surface area contributed by atoms with E-state index in [1.165, 1.54) is 7.11 Å². The Morgan fingerprint density at radius 2 is 1.69 bits per heavy atom. The van der Waals surface area contributed by atoms with Crippen LogP contribution in [0.15, 0.2) is 0 Å². The van der Waals surface area contributed by atoms with Gasteiger partial charge in [0.15, 0.2) is 6.29 Å². The highest BCUT2D eigenvalue weighted by Crippen LogP contribution is 2.28. The van der Waals surface area contributed by atoms with E-state index in [2.05, 4.69) is 4.74 Å². The first-order valence-electron chi connectivity index (χ1n) is 5.48. The minimum absolute atomic E-state index is 0.464. The Labute approximate surface area is 97.2 Å². The highest BCUT2D eigenvalue weighted by molar-refractivity contribution is 5.76. The Kier molecular flexibility index (Phi) is 6.55. The van der Waals surface area contributed by atoms with Gasteiger partial charge in [-0.15, -0.1) is 0 Å². The van der Waals surface area contributed by atoms with E-state index >= 15 is 0 Å². The third-order valence-corrected chi connectivity index (χ3v) is 2.50. The van der Waals surface area contributed by atoms with Crippen LogP contribution in [-0.4, -0.2) is 38.6 Å². The van der Waals surface area contributed by atoms with Crippen LogP contribution in [0, 0.1) is 5.41 Å². The van der Waals surface area contributed by atoms with Crippen molar-refractivity contribution < 1.29 is 19.0 Å². The van der Waals surface area contributed by atoms with Crippen molar-refractivity contribution in [2.24, 2.45) is 11.1 Å². The third-order valence-electron chi connectivity index (χ3n) is 2.50. The van der Waals surface area contributed by atoms with Gasteiger partial charge < -0.3 is 19.9 Å². The Bertz CT molecular complexity index is 212. The number of rotatable bonds is 7. The second-order valence-corrected chi connectivity index (χ2v) is 4.06. The fourth-order valence-electron chi connectivity index (χ4n) is 1.36. The van der Waals surface area contributed by atoms with Crippen LogP contribution in [-0.2, 0) is 19.0 Å². The normalized spacial score (nSPS) is 13.9. The predicted molar refractivity (Wildman–Crippen MR) is 60.8 cm³/mol. The summed E-state index contributed by atoms with van der Waals surface area (Å²) in [5.41, 5.74) is 5.19. The van der Waals surface area contributed by atoms with E-state index < -0.39 is 23.7 Å². The van der Waals surface area contributed by atoms with Gasteiger partial charge >= 0.3 is 5.97 Å². The highest BCUT2D eigenvalue weighted by Gasteiger charge is 2.41. The zero-order valence-electron chi connectivity index (χ0n) is 10.8. The molecular formula is C11H23NO4. The maximum atomic E-state index is 11.4. The van der Waals surface area contributed by atoms with Crippen molar-refractivity contribution in [3.05, 3.63) is 0 Å². The van der Waals surface area contributed by atoms with Crippen molar-refractivity contribution in [1.82, 2.24) is 0 Å². The van der Waals surface area contributed by atoms with Crippen LogP contribution in [0.4, 0.5) is 0 Å². The van der Waals surface area contributed by atoms with Crippen LogP contribution in [0.3, 0.4) is 0 Å². The smallest absolute Gasteiger partial charge is 0.323 e. The van der Waals surface area contributed by atoms with Crippen LogP contribution in [0.1, 0.15) is 27.7 Å². The molecule has 0 heterocycles. The Morgan fingerprint density at radius 3 is 2.00 bits per heavy atom. The molecule has 0 aliphatic rings. The van der Waals surface area contributed by atoms with E-state index in [0.29, 0.717) is 13.2 Å². The van der Waals surface area contributed by atoms with Crippen molar-refractivity contribution >= 4 is 5.97 Å². The number of hydrogen-bond acceptors (Lipinski definition) is 5. The summed E-state index contributed by atoms with van der Waals surface area (Å²) in [6.07, 6.45) is -0.517. The first kappa shape index (κ1) is 15.3. The van der Waals surface area contributed by atoms with Gasteiger partial charge in [-0.2, -0.15) is 0 Å². The molecule has 0 aromatic carbocycles. The molecular weight excluding hydrogens is 210 g/mol. The molecule has 0 fully saturated rings. The maximum Gasteiger partial charge on any atom is 0.323 e. The average Bonchev–Trinajstić information content (AvgIpc) is 2.26. The summed E-state index contributed by atoms with van der Waals surface area (Å²) < 4.78 is 15.5. The fraction of sp³-hybridized carbons (Fsp3) is 0.909. The summed E-state index contributed by atoms with van der Waals surface area (Å²) in [5.74, 6) is -0.464. The standard InChI is InChI=1S/C11H23NO4/c1-6-15-10(16-7-2)11(3,4)8(12)9(13)14-5/h8,10H,6-7,12H2,1-5H3. The lowest BCUT2D eigenvalue weighted by Crippen LogP contribution is -2.52. The van der Waals surface area contributed by atoms with Crippen LogP contribution in [0.5, 0.6) is 0 Å². The topological polar surface area (TPSA) is 70.8 Å². The lowest BCUT2D eigenvalue weighted by Gasteiger charge is -2.36. The number of carbonyl (C=O) groups is 1. The summed E-state index contributed by atoms with van der Waals surface area (Å²) in [4.78, 5) is 11.4. The fourth-order valence-corrected chi connectivity index (χ4v) is 1.36. The lowest BCUT2D eigenvalue weighted by molar-refractivity contribution is -0.204. The number of carbonyl (C=O) groups excluding carboxylic acids is 1. The zero-order valence-corrected chi connectivity index (χ0v) is 10.8. The maximum absolute atomic E-state index is 11.4.